The maximum Gasteiger partial charge on any atom is 0.356 e. The standard InChI is InChI=1S/C16H26N2O2/c1-2-3-4-5-6-7-8-9-12-17-14-11-10-13-18-15(14)16(19)20/h10-11,13,17H,2-9,12H2,1H3,(H,19,20). The van der Waals surface area contributed by atoms with Gasteiger partial charge >= 0.3 is 5.97 Å². The molecule has 0 saturated heterocycles. The molecular weight excluding hydrogens is 252 g/mol. The zero-order chi connectivity index (χ0) is 14.6. The van der Waals surface area contributed by atoms with E-state index in [1.165, 1.54) is 51.1 Å². The van der Waals surface area contributed by atoms with Crippen molar-refractivity contribution in [2.45, 2.75) is 58.3 Å². The minimum Gasteiger partial charge on any atom is -0.476 e. The lowest BCUT2D eigenvalue weighted by atomic mass is 10.1. The highest BCUT2D eigenvalue weighted by Crippen LogP contribution is 2.13. The number of carboxylic acids is 1. The van der Waals surface area contributed by atoms with Crippen LogP contribution in [0.1, 0.15) is 68.8 Å². The average Bonchev–Trinajstić information content (AvgIpc) is 2.46. The maximum absolute atomic E-state index is 11.0. The third kappa shape index (κ3) is 6.55. The van der Waals surface area contributed by atoms with Crippen molar-refractivity contribution in [1.82, 2.24) is 4.98 Å². The SMILES string of the molecule is CCCCCCCCCCNc1cccnc1C(=O)O. The van der Waals surface area contributed by atoms with Crippen LogP contribution in [0, 0.1) is 0 Å². The molecule has 1 aromatic rings. The minimum absolute atomic E-state index is 0.104. The summed E-state index contributed by atoms with van der Waals surface area (Å²) in [5.41, 5.74) is 0.718. The molecule has 1 heterocycles. The first kappa shape index (κ1) is 16.5. The van der Waals surface area contributed by atoms with E-state index in [0.29, 0.717) is 5.69 Å². The monoisotopic (exact) mass is 278 g/mol. The molecule has 4 nitrogen and oxygen atoms in total. The number of hydrogen-bond acceptors (Lipinski definition) is 3. The van der Waals surface area contributed by atoms with Gasteiger partial charge in [-0.3, -0.25) is 0 Å². The number of nitrogens with zero attached hydrogens (tertiary/aromatic N) is 1. The zero-order valence-electron chi connectivity index (χ0n) is 12.4. The number of aromatic carboxylic acids is 1. The van der Waals surface area contributed by atoms with Gasteiger partial charge in [0.2, 0.25) is 0 Å². The van der Waals surface area contributed by atoms with Gasteiger partial charge in [-0.1, -0.05) is 51.9 Å². The van der Waals surface area contributed by atoms with Gasteiger partial charge < -0.3 is 10.4 Å². The Hall–Kier alpha value is -1.58. The smallest absolute Gasteiger partial charge is 0.356 e. The second-order valence-corrected chi connectivity index (χ2v) is 5.11. The van der Waals surface area contributed by atoms with Crippen molar-refractivity contribution in [1.29, 1.82) is 0 Å². The summed E-state index contributed by atoms with van der Waals surface area (Å²) >= 11 is 0. The van der Waals surface area contributed by atoms with E-state index in [9.17, 15) is 4.79 Å². The first-order valence-corrected chi connectivity index (χ1v) is 7.68. The predicted octanol–water partition coefficient (Wildman–Crippen LogP) is 4.33. The first-order chi connectivity index (χ1) is 9.75. The van der Waals surface area contributed by atoms with Crippen LogP contribution in [0.25, 0.3) is 0 Å². The zero-order valence-corrected chi connectivity index (χ0v) is 12.4. The van der Waals surface area contributed by atoms with Crippen LogP contribution in [0.2, 0.25) is 0 Å². The predicted molar refractivity (Wildman–Crippen MR) is 82.3 cm³/mol. The molecule has 0 unspecified atom stereocenters. The quantitative estimate of drug-likeness (QED) is 0.591. The number of rotatable bonds is 11. The Morgan fingerprint density at radius 2 is 1.80 bits per heavy atom. The molecule has 112 valence electrons. The summed E-state index contributed by atoms with van der Waals surface area (Å²) in [6, 6.07) is 3.52. The number of aromatic nitrogens is 1. The van der Waals surface area contributed by atoms with Crippen molar-refractivity contribution < 1.29 is 9.90 Å². The van der Waals surface area contributed by atoms with E-state index in [0.717, 1.165) is 13.0 Å². The second-order valence-electron chi connectivity index (χ2n) is 5.11. The summed E-state index contributed by atoms with van der Waals surface area (Å²) in [5.74, 6) is -0.982. The highest BCUT2D eigenvalue weighted by atomic mass is 16.4. The van der Waals surface area contributed by atoms with Crippen LogP contribution in [0.4, 0.5) is 5.69 Å². The number of carboxylic acid groups (broad SMARTS) is 1. The van der Waals surface area contributed by atoms with Crippen molar-refractivity contribution in [3.8, 4) is 0 Å². The highest BCUT2D eigenvalue weighted by Gasteiger charge is 2.09. The maximum atomic E-state index is 11.0. The summed E-state index contributed by atoms with van der Waals surface area (Å²) in [5, 5.41) is 12.2. The van der Waals surface area contributed by atoms with Gasteiger partial charge in [0.15, 0.2) is 5.69 Å². The Morgan fingerprint density at radius 1 is 1.15 bits per heavy atom. The lowest BCUT2D eigenvalue weighted by Crippen LogP contribution is -2.09. The van der Waals surface area contributed by atoms with Gasteiger partial charge in [-0.15, -0.1) is 0 Å². The van der Waals surface area contributed by atoms with Crippen LogP contribution >= 0.6 is 0 Å². The fraction of sp³-hybridized carbons (Fsp3) is 0.625. The first-order valence-electron chi connectivity index (χ1n) is 7.68. The van der Waals surface area contributed by atoms with Crippen molar-refractivity contribution in [2.24, 2.45) is 0 Å². The van der Waals surface area contributed by atoms with Crippen LogP contribution in [0.3, 0.4) is 0 Å². The van der Waals surface area contributed by atoms with Crippen LogP contribution in [-0.2, 0) is 0 Å². The molecule has 0 amide bonds. The summed E-state index contributed by atoms with van der Waals surface area (Å²) in [4.78, 5) is 14.9. The van der Waals surface area contributed by atoms with Gasteiger partial charge in [0.25, 0.3) is 0 Å². The van der Waals surface area contributed by atoms with E-state index in [1.54, 1.807) is 12.1 Å². The van der Waals surface area contributed by atoms with Gasteiger partial charge in [0.05, 0.1) is 5.69 Å². The van der Waals surface area contributed by atoms with Crippen LogP contribution in [-0.4, -0.2) is 22.6 Å². The Kier molecular flexibility index (Phi) is 8.43. The molecule has 1 aromatic heterocycles. The molecular formula is C16H26N2O2. The Balaban J connectivity index is 2.11. The molecule has 0 spiro atoms. The minimum atomic E-state index is -0.982. The van der Waals surface area contributed by atoms with E-state index in [-0.39, 0.29) is 5.69 Å². The molecule has 2 N–H and O–H groups in total. The Bertz CT molecular complexity index is 394. The van der Waals surface area contributed by atoms with Gasteiger partial charge in [0, 0.05) is 12.7 Å². The molecule has 0 atom stereocenters. The largest absolute Gasteiger partial charge is 0.476 e. The summed E-state index contributed by atoms with van der Waals surface area (Å²) < 4.78 is 0. The number of unbranched alkanes of at least 4 members (excludes halogenated alkanes) is 7. The number of nitrogens with one attached hydrogen (secondary N) is 1. The number of carbonyl (C=O) groups is 1. The second kappa shape index (κ2) is 10.2. The summed E-state index contributed by atoms with van der Waals surface area (Å²) in [6.07, 6.45) is 11.7. The van der Waals surface area contributed by atoms with Crippen molar-refractivity contribution in [3.63, 3.8) is 0 Å². The summed E-state index contributed by atoms with van der Waals surface area (Å²) in [6.45, 7) is 3.04. The van der Waals surface area contributed by atoms with E-state index >= 15 is 0 Å². The van der Waals surface area contributed by atoms with Gasteiger partial charge in [-0.05, 0) is 18.6 Å². The summed E-state index contributed by atoms with van der Waals surface area (Å²) in [7, 11) is 0. The molecule has 0 saturated carbocycles. The van der Waals surface area contributed by atoms with Gasteiger partial charge in [-0.25, -0.2) is 9.78 Å². The molecule has 0 aliphatic heterocycles. The third-order valence-electron chi connectivity index (χ3n) is 3.36. The van der Waals surface area contributed by atoms with E-state index < -0.39 is 5.97 Å². The topological polar surface area (TPSA) is 62.2 Å². The van der Waals surface area contributed by atoms with Crippen LogP contribution < -0.4 is 5.32 Å². The van der Waals surface area contributed by atoms with E-state index in [4.69, 9.17) is 5.11 Å². The van der Waals surface area contributed by atoms with E-state index in [1.807, 2.05) is 0 Å². The van der Waals surface area contributed by atoms with Crippen LogP contribution in [0.5, 0.6) is 0 Å². The van der Waals surface area contributed by atoms with E-state index in [2.05, 4.69) is 17.2 Å². The number of hydrogen-bond donors (Lipinski definition) is 2. The normalized spacial score (nSPS) is 10.4. The molecule has 1 rings (SSSR count). The van der Waals surface area contributed by atoms with Gasteiger partial charge in [0.1, 0.15) is 0 Å². The van der Waals surface area contributed by atoms with Crippen molar-refractivity contribution >= 4 is 11.7 Å². The Labute approximate surface area is 121 Å². The lowest BCUT2D eigenvalue weighted by molar-refractivity contribution is 0.0691. The fourth-order valence-electron chi connectivity index (χ4n) is 2.20. The molecule has 20 heavy (non-hydrogen) atoms. The number of pyridine rings is 1. The highest BCUT2D eigenvalue weighted by molar-refractivity contribution is 5.91. The van der Waals surface area contributed by atoms with Crippen molar-refractivity contribution in [2.75, 3.05) is 11.9 Å². The average molecular weight is 278 g/mol. The van der Waals surface area contributed by atoms with Crippen molar-refractivity contribution in [3.05, 3.63) is 24.0 Å². The lowest BCUT2D eigenvalue weighted by Gasteiger charge is -2.08. The van der Waals surface area contributed by atoms with Gasteiger partial charge in [-0.2, -0.15) is 0 Å². The molecule has 0 radical (unpaired) electrons. The molecule has 0 fully saturated rings. The Morgan fingerprint density at radius 3 is 2.45 bits per heavy atom. The fourth-order valence-corrected chi connectivity index (χ4v) is 2.20. The molecule has 4 heteroatoms. The molecule has 0 aliphatic carbocycles. The molecule has 0 aromatic carbocycles. The van der Waals surface area contributed by atoms with Crippen LogP contribution in [0.15, 0.2) is 18.3 Å². The molecule has 0 bridgehead atoms. The molecule has 0 aliphatic rings. The number of anilines is 1. The third-order valence-corrected chi connectivity index (χ3v) is 3.36.